The standard InChI is InChI=1S/C14H21N7O/c1-3-21-12(15-9-16-21)10(2)17-14(22)13-19-18-11-7-5-4-6-8-20(11)13/h9-10H,3-8H2,1-2H3,(H,17,22). The van der Waals surface area contributed by atoms with Gasteiger partial charge >= 0.3 is 0 Å². The van der Waals surface area contributed by atoms with Crippen LogP contribution in [0.2, 0.25) is 0 Å². The Morgan fingerprint density at radius 2 is 2.23 bits per heavy atom. The summed E-state index contributed by atoms with van der Waals surface area (Å²) in [4.78, 5) is 16.7. The Morgan fingerprint density at radius 1 is 1.36 bits per heavy atom. The normalized spacial score (nSPS) is 15.9. The Balaban J connectivity index is 1.76. The van der Waals surface area contributed by atoms with E-state index < -0.39 is 0 Å². The van der Waals surface area contributed by atoms with E-state index in [0.29, 0.717) is 5.82 Å². The number of nitrogens with one attached hydrogen (secondary N) is 1. The number of fused-ring (bicyclic) bond motifs is 1. The molecule has 0 aliphatic carbocycles. The van der Waals surface area contributed by atoms with Crippen molar-refractivity contribution in [2.75, 3.05) is 0 Å². The zero-order valence-corrected chi connectivity index (χ0v) is 13.0. The smallest absolute Gasteiger partial charge is 0.289 e. The zero-order valence-electron chi connectivity index (χ0n) is 13.0. The van der Waals surface area contributed by atoms with Crippen molar-refractivity contribution >= 4 is 5.91 Å². The van der Waals surface area contributed by atoms with Crippen LogP contribution in [0.1, 0.15) is 61.4 Å². The molecule has 0 radical (unpaired) electrons. The van der Waals surface area contributed by atoms with Crippen LogP contribution < -0.4 is 5.32 Å². The summed E-state index contributed by atoms with van der Waals surface area (Å²) in [5, 5.41) is 15.3. The first kappa shape index (κ1) is 14.7. The molecule has 1 unspecified atom stereocenters. The van der Waals surface area contributed by atoms with Gasteiger partial charge in [0.25, 0.3) is 5.91 Å². The van der Waals surface area contributed by atoms with Crippen LogP contribution in [0.15, 0.2) is 6.33 Å². The van der Waals surface area contributed by atoms with Gasteiger partial charge in [-0.25, -0.2) is 9.67 Å². The van der Waals surface area contributed by atoms with Crippen LogP contribution in [-0.4, -0.2) is 35.4 Å². The van der Waals surface area contributed by atoms with Crippen LogP contribution in [0, 0.1) is 0 Å². The average molecular weight is 303 g/mol. The number of carbonyl (C=O) groups is 1. The first-order chi connectivity index (χ1) is 10.7. The monoisotopic (exact) mass is 303 g/mol. The van der Waals surface area contributed by atoms with Crippen molar-refractivity contribution in [3.05, 3.63) is 23.8 Å². The molecule has 22 heavy (non-hydrogen) atoms. The Labute approximate surface area is 128 Å². The van der Waals surface area contributed by atoms with Gasteiger partial charge in [-0.2, -0.15) is 5.10 Å². The van der Waals surface area contributed by atoms with E-state index in [4.69, 9.17) is 0 Å². The van der Waals surface area contributed by atoms with Crippen LogP contribution in [0.4, 0.5) is 0 Å². The van der Waals surface area contributed by atoms with E-state index in [0.717, 1.165) is 44.0 Å². The van der Waals surface area contributed by atoms with Gasteiger partial charge in [0.1, 0.15) is 18.0 Å². The van der Waals surface area contributed by atoms with Crippen molar-refractivity contribution in [3.8, 4) is 0 Å². The molecule has 3 heterocycles. The molecule has 118 valence electrons. The summed E-state index contributed by atoms with van der Waals surface area (Å²) in [7, 11) is 0. The summed E-state index contributed by atoms with van der Waals surface area (Å²) in [5.41, 5.74) is 0. The molecule has 8 nitrogen and oxygen atoms in total. The fourth-order valence-corrected chi connectivity index (χ4v) is 2.83. The van der Waals surface area contributed by atoms with Gasteiger partial charge in [-0.15, -0.1) is 10.2 Å². The highest BCUT2D eigenvalue weighted by Crippen LogP contribution is 2.15. The molecule has 2 aromatic rings. The average Bonchev–Trinajstić information content (AvgIpc) is 3.08. The molecule has 1 amide bonds. The lowest BCUT2D eigenvalue weighted by Crippen LogP contribution is -2.31. The quantitative estimate of drug-likeness (QED) is 0.913. The molecular formula is C14H21N7O. The number of hydrogen-bond donors (Lipinski definition) is 1. The maximum atomic E-state index is 12.5. The molecule has 0 saturated carbocycles. The minimum absolute atomic E-state index is 0.209. The number of nitrogens with zero attached hydrogens (tertiary/aromatic N) is 6. The maximum Gasteiger partial charge on any atom is 0.289 e. The van der Waals surface area contributed by atoms with Gasteiger partial charge in [0.2, 0.25) is 5.82 Å². The van der Waals surface area contributed by atoms with E-state index in [2.05, 4.69) is 25.6 Å². The predicted octanol–water partition coefficient (Wildman–Crippen LogP) is 1.11. The molecular weight excluding hydrogens is 282 g/mol. The second kappa shape index (κ2) is 6.25. The Hall–Kier alpha value is -2.25. The SMILES string of the molecule is CCn1ncnc1C(C)NC(=O)c1nnc2n1CCCCC2. The van der Waals surface area contributed by atoms with Crippen LogP contribution >= 0.6 is 0 Å². The third-order valence-corrected chi connectivity index (χ3v) is 3.99. The molecule has 1 atom stereocenters. The van der Waals surface area contributed by atoms with E-state index in [9.17, 15) is 4.79 Å². The maximum absolute atomic E-state index is 12.5. The first-order valence-electron chi connectivity index (χ1n) is 7.81. The summed E-state index contributed by atoms with van der Waals surface area (Å²) in [5.74, 6) is 1.84. The second-order valence-electron chi connectivity index (χ2n) is 5.53. The van der Waals surface area contributed by atoms with E-state index in [1.54, 1.807) is 4.68 Å². The molecule has 0 aromatic carbocycles. The summed E-state index contributed by atoms with van der Waals surface area (Å²) >= 11 is 0. The molecule has 0 fully saturated rings. The van der Waals surface area contributed by atoms with E-state index in [1.165, 1.54) is 12.7 Å². The molecule has 0 spiro atoms. The van der Waals surface area contributed by atoms with E-state index in [1.807, 2.05) is 18.4 Å². The Kier molecular flexibility index (Phi) is 4.17. The molecule has 2 aromatic heterocycles. The van der Waals surface area contributed by atoms with Crippen molar-refractivity contribution in [3.63, 3.8) is 0 Å². The molecule has 3 rings (SSSR count). The number of aryl methyl sites for hydroxylation is 2. The highest BCUT2D eigenvalue weighted by Gasteiger charge is 2.23. The number of rotatable bonds is 4. The molecule has 1 N–H and O–H groups in total. The largest absolute Gasteiger partial charge is 0.340 e. The summed E-state index contributed by atoms with van der Waals surface area (Å²) in [6.07, 6.45) is 5.73. The minimum atomic E-state index is -0.228. The lowest BCUT2D eigenvalue weighted by molar-refractivity contribution is 0.0921. The third-order valence-electron chi connectivity index (χ3n) is 3.99. The van der Waals surface area contributed by atoms with Crippen molar-refractivity contribution in [1.29, 1.82) is 0 Å². The first-order valence-corrected chi connectivity index (χ1v) is 7.81. The Morgan fingerprint density at radius 3 is 3.05 bits per heavy atom. The van der Waals surface area contributed by atoms with Crippen molar-refractivity contribution in [2.24, 2.45) is 0 Å². The second-order valence-corrected chi connectivity index (χ2v) is 5.53. The van der Waals surface area contributed by atoms with Gasteiger partial charge in [0.05, 0.1) is 6.04 Å². The van der Waals surface area contributed by atoms with Crippen LogP contribution in [-0.2, 0) is 19.5 Å². The van der Waals surface area contributed by atoms with Crippen molar-refractivity contribution in [2.45, 2.75) is 58.7 Å². The van der Waals surface area contributed by atoms with Crippen LogP contribution in [0.25, 0.3) is 0 Å². The number of hydrogen-bond acceptors (Lipinski definition) is 5. The van der Waals surface area contributed by atoms with Gasteiger partial charge in [-0.3, -0.25) is 4.79 Å². The lowest BCUT2D eigenvalue weighted by atomic mass is 10.2. The van der Waals surface area contributed by atoms with Crippen LogP contribution in [0.3, 0.4) is 0 Å². The number of carbonyl (C=O) groups excluding carboxylic acids is 1. The minimum Gasteiger partial charge on any atom is -0.340 e. The third kappa shape index (κ3) is 2.72. The lowest BCUT2D eigenvalue weighted by Gasteiger charge is -2.14. The van der Waals surface area contributed by atoms with Crippen molar-refractivity contribution in [1.82, 2.24) is 34.8 Å². The van der Waals surface area contributed by atoms with Gasteiger partial charge in [-0.05, 0) is 26.7 Å². The topological polar surface area (TPSA) is 90.5 Å². The highest BCUT2D eigenvalue weighted by atomic mass is 16.2. The fourth-order valence-electron chi connectivity index (χ4n) is 2.83. The predicted molar refractivity (Wildman–Crippen MR) is 79.2 cm³/mol. The van der Waals surface area contributed by atoms with E-state index in [-0.39, 0.29) is 11.9 Å². The molecule has 0 saturated heterocycles. The van der Waals surface area contributed by atoms with Gasteiger partial charge < -0.3 is 9.88 Å². The summed E-state index contributed by atoms with van der Waals surface area (Å²) < 4.78 is 3.72. The fraction of sp³-hybridized carbons (Fsp3) is 0.643. The van der Waals surface area contributed by atoms with Gasteiger partial charge in [0, 0.05) is 19.5 Å². The summed E-state index contributed by atoms with van der Waals surface area (Å²) in [6.45, 7) is 5.42. The Bertz CT molecular complexity index is 660. The summed E-state index contributed by atoms with van der Waals surface area (Å²) in [6, 6.07) is -0.228. The van der Waals surface area contributed by atoms with E-state index >= 15 is 0 Å². The molecule has 8 heteroatoms. The van der Waals surface area contributed by atoms with Crippen molar-refractivity contribution < 1.29 is 4.79 Å². The molecule has 1 aliphatic rings. The number of amides is 1. The highest BCUT2D eigenvalue weighted by molar-refractivity contribution is 5.90. The van der Waals surface area contributed by atoms with Gasteiger partial charge in [-0.1, -0.05) is 6.42 Å². The zero-order chi connectivity index (χ0) is 15.5. The molecule has 0 bridgehead atoms. The van der Waals surface area contributed by atoms with Gasteiger partial charge in [0.15, 0.2) is 0 Å². The van der Waals surface area contributed by atoms with Crippen LogP contribution in [0.5, 0.6) is 0 Å². The molecule has 1 aliphatic heterocycles. The number of aromatic nitrogens is 6.